The van der Waals surface area contributed by atoms with Crippen molar-refractivity contribution in [2.24, 2.45) is 0 Å². The number of hydrogen-bond donors (Lipinski definition) is 1. The minimum atomic E-state index is 0.0163. The average Bonchev–Trinajstić information content (AvgIpc) is 3.25. The Kier molecular flexibility index (Phi) is 3.82. The molecule has 0 aromatic carbocycles. The van der Waals surface area contributed by atoms with Crippen LogP contribution in [0.3, 0.4) is 0 Å². The number of rotatable bonds is 4. The second-order valence-electron chi connectivity index (χ2n) is 6.20. The Morgan fingerprint density at radius 3 is 3.14 bits per heavy atom. The summed E-state index contributed by atoms with van der Waals surface area (Å²) in [5, 5.41) is 7.77. The molecule has 0 radical (unpaired) electrons. The Labute approximate surface area is 134 Å². The normalized spacial score (nSPS) is 28.5. The van der Waals surface area contributed by atoms with E-state index in [0.717, 1.165) is 39.1 Å². The second-order valence-corrected chi connectivity index (χ2v) is 6.98. The largest absolute Gasteiger partial charge is 0.371 e. The Hall–Kier alpha value is -1.50. The van der Waals surface area contributed by atoms with Gasteiger partial charge in [-0.3, -0.25) is 4.90 Å². The van der Waals surface area contributed by atoms with Gasteiger partial charge in [0.2, 0.25) is 5.95 Å². The van der Waals surface area contributed by atoms with Crippen LogP contribution in [0.15, 0.2) is 35.3 Å². The van der Waals surface area contributed by atoms with Gasteiger partial charge in [0.1, 0.15) is 0 Å². The summed E-state index contributed by atoms with van der Waals surface area (Å²) < 4.78 is 6.18. The fourth-order valence-corrected chi connectivity index (χ4v) is 4.14. The van der Waals surface area contributed by atoms with Crippen LogP contribution in [0.2, 0.25) is 0 Å². The van der Waals surface area contributed by atoms with Crippen molar-refractivity contribution in [3.05, 3.63) is 40.8 Å². The number of likely N-dealkylation sites (tertiary alicyclic amines) is 1. The molecule has 0 amide bonds. The number of nitrogens with one attached hydrogen (secondary N) is 1. The molecule has 0 unspecified atom stereocenters. The molecule has 2 saturated heterocycles. The smallest absolute Gasteiger partial charge is 0.222 e. The lowest BCUT2D eigenvalue weighted by atomic mass is 9.97. The van der Waals surface area contributed by atoms with Gasteiger partial charge in [-0.15, -0.1) is 0 Å². The third-order valence-corrected chi connectivity index (χ3v) is 5.22. The maximum atomic E-state index is 6.18. The number of anilines is 1. The summed E-state index contributed by atoms with van der Waals surface area (Å²) in [7, 11) is 0. The SMILES string of the molecule is c1cnc(N[C@H]2CO[C@@]3(CCN(Cc4ccsc4)C3)C2)nc1. The first-order chi connectivity index (χ1) is 10.8. The van der Waals surface area contributed by atoms with Crippen molar-refractivity contribution in [1.82, 2.24) is 14.9 Å². The standard InChI is InChI=1S/C16H20N4OS/c1-4-17-15(18-5-1)19-14-8-16(21-10-14)3-6-20(12-16)9-13-2-7-22-11-13/h1-2,4-5,7,11,14H,3,6,8-10,12H2,(H,17,18,19)/t14-,16+/m1/s1. The first-order valence-electron chi connectivity index (χ1n) is 7.72. The summed E-state index contributed by atoms with van der Waals surface area (Å²) in [6.07, 6.45) is 5.68. The molecule has 1 N–H and O–H groups in total. The highest BCUT2D eigenvalue weighted by atomic mass is 32.1. The van der Waals surface area contributed by atoms with Gasteiger partial charge >= 0.3 is 0 Å². The predicted molar refractivity (Wildman–Crippen MR) is 87.0 cm³/mol. The van der Waals surface area contributed by atoms with Gasteiger partial charge in [-0.05, 0) is 34.9 Å². The van der Waals surface area contributed by atoms with Gasteiger partial charge in [-0.2, -0.15) is 11.3 Å². The van der Waals surface area contributed by atoms with Crippen LogP contribution in [0.1, 0.15) is 18.4 Å². The highest BCUT2D eigenvalue weighted by Gasteiger charge is 2.45. The van der Waals surface area contributed by atoms with Crippen LogP contribution in [0.25, 0.3) is 0 Å². The van der Waals surface area contributed by atoms with E-state index in [4.69, 9.17) is 4.74 Å². The summed E-state index contributed by atoms with van der Waals surface area (Å²) in [4.78, 5) is 11.0. The molecule has 6 heteroatoms. The minimum Gasteiger partial charge on any atom is -0.371 e. The first kappa shape index (κ1) is 14.1. The van der Waals surface area contributed by atoms with Gasteiger partial charge in [0, 0.05) is 38.4 Å². The van der Waals surface area contributed by atoms with Crippen molar-refractivity contribution < 1.29 is 4.74 Å². The van der Waals surface area contributed by atoms with Crippen molar-refractivity contribution in [2.45, 2.75) is 31.0 Å². The van der Waals surface area contributed by atoms with Crippen LogP contribution in [0.5, 0.6) is 0 Å². The highest BCUT2D eigenvalue weighted by Crippen LogP contribution is 2.36. The monoisotopic (exact) mass is 316 g/mol. The summed E-state index contributed by atoms with van der Waals surface area (Å²) in [5.41, 5.74) is 1.43. The molecule has 2 atom stereocenters. The molecule has 116 valence electrons. The maximum absolute atomic E-state index is 6.18. The van der Waals surface area contributed by atoms with Crippen molar-refractivity contribution in [2.75, 3.05) is 25.0 Å². The molecular formula is C16H20N4OS. The fraction of sp³-hybridized carbons (Fsp3) is 0.500. The van der Waals surface area contributed by atoms with Crippen LogP contribution in [0.4, 0.5) is 5.95 Å². The lowest BCUT2D eigenvalue weighted by molar-refractivity contribution is 0.0120. The van der Waals surface area contributed by atoms with E-state index in [1.807, 2.05) is 6.07 Å². The van der Waals surface area contributed by atoms with Crippen LogP contribution in [-0.2, 0) is 11.3 Å². The van der Waals surface area contributed by atoms with Crippen LogP contribution < -0.4 is 5.32 Å². The predicted octanol–water partition coefficient (Wildman–Crippen LogP) is 2.38. The van der Waals surface area contributed by atoms with Crippen LogP contribution >= 0.6 is 11.3 Å². The van der Waals surface area contributed by atoms with Crippen molar-refractivity contribution in [1.29, 1.82) is 0 Å². The molecule has 5 nitrogen and oxygen atoms in total. The van der Waals surface area contributed by atoms with E-state index in [-0.39, 0.29) is 5.60 Å². The molecule has 2 aliphatic heterocycles. The zero-order valence-corrected chi connectivity index (χ0v) is 13.3. The molecule has 2 aliphatic rings. The molecule has 2 aromatic rings. The summed E-state index contributed by atoms with van der Waals surface area (Å²) in [6.45, 7) is 3.92. The Morgan fingerprint density at radius 2 is 2.32 bits per heavy atom. The number of aromatic nitrogens is 2. The molecule has 0 saturated carbocycles. The van der Waals surface area contributed by atoms with Gasteiger partial charge < -0.3 is 10.1 Å². The number of thiophene rings is 1. The molecule has 0 bridgehead atoms. The van der Waals surface area contributed by atoms with Crippen LogP contribution in [0, 0.1) is 0 Å². The third-order valence-electron chi connectivity index (χ3n) is 4.49. The van der Waals surface area contributed by atoms with Gasteiger partial charge in [0.05, 0.1) is 18.2 Å². The van der Waals surface area contributed by atoms with E-state index in [1.54, 1.807) is 23.7 Å². The van der Waals surface area contributed by atoms with Gasteiger partial charge in [-0.1, -0.05) is 0 Å². The minimum absolute atomic E-state index is 0.0163. The molecule has 2 aromatic heterocycles. The molecule has 0 aliphatic carbocycles. The number of nitrogens with zero attached hydrogens (tertiary/aromatic N) is 3. The zero-order chi connectivity index (χ0) is 14.8. The van der Waals surface area contributed by atoms with Gasteiger partial charge in [0.15, 0.2) is 0 Å². The zero-order valence-electron chi connectivity index (χ0n) is 12.4. The summed E-state index contributed by atoms with van der Waals surface area (Å²) >= 11 is 1.77. The Morgan fingerprint density at radius 1 is 1.41 bits per heavy atom. The fourth-order valence-electron chi connectivity index (χ4n) is 3.48. The van der Waals surface area contributed by atoms with Crippen LogP contribution in [-0.4, -0.2) is 46.2 Å². The van der Waals surface area contributed by atoms with E-state index in [9.17, 15) is 0 Å². The van der Waals surface area contributed by atoms with E-state index in [2.05, 4.69) is 37.0 Å². The number of ether oxygens (including phenoxy) is 1. The molecular weight excluding hydrogens is 296 g/mol. The molecule has 22 heavy (non-hydrogen) atoms. The van der Waals surface area contributed by atoms with Crippen molar-refractivity contribution in [3.63, 3.8) is 0 Å². The van der Waals surface area contributed by atoms with Gasteiger partial charge in [0.25, 0.3) is 0 Å². The highest BCUT2D eigenvalue weighted by molar-refractivity contribution is 7.07. The lowest BCUT2D eigenvalue weighted by Gasteiger charge is -2.23. The second kappa shape index (κ2) is 5.95. The van der Waals surface area contributed by atoms with E-state index < -0.39 is 0 Å². The molecule has 4 rings (SSSR count). The van der Waals surface area contributed by atoms with E-state index in [1.165, 1.54) is 5.56 Å². The first-order valence-corrected chi connectivity index (χ1v) is 8.67. The van der Waals surface area contributed by atoms with Crippen molar-refractivity contribution in [3.8, 4) is 0 Å². The maximum Gasteiger partial charge on any atom is 0.222 e. The van der Waals surface area contributed by atoms with E-state index in [0.29, 0.717) is 12.0 Å². The Balaban J connectivity index is 1.34. The third kappa shape index (κ3) is 2.99. The topological polar surface area (TPSA) is 50.3 Å². The average molecular weight is 316 g/mol. The quantitative estimate of drug-likeness (QED) is 0.938. The molecule has 2 fully saturated rings. The molecule has 4 heterocycles. The molecule has 1 spiro atoms. The number of hydrogen-bond acceptors (Lipinski definition) is 6. The summed E-state index contributed by atoms with van der Waals surface area (Å²) in [5.74, 6) is 0.696. The van der Waals surface area contributed by atoms with E-state index >= 15 is 0 Å². The van der Waals surface area contributed by atoms with Gasteiger partial charge in [-0.25, -0.2) is 9.97 Å². The Bertz CT molecular complexity index is 606. The lowest BCUT2D eigenvalue weighted by Crippen LogP contribution is -2.33. The summed E-state index contributed by atoms with van der Waals surface area (Å²) in [6, 6.07) is 4.35. The van der Waals surface area contributed by atoms with Crippen molar-refractivity contribution >= 4 is 17.3 Å².